The summed E-state index contributed by atoms with van der Waals surface area (Å²) in [6.07, 6.45) is 3.76. The molecule has 2 saturated heterocycles. The Kier molecular flexibility index (Phi) is 8.50. The molecule has 0 aromatic heterocycles. The summed E-state index contributed by atoms with van der Waals surface area (Å²) in [5, 5.41) is 6.16. The molecule has 3 rings (SSSR count). The molecule has 3 N–H and O–H groups in total. The first-order chi connectivity index (χ1) is 12.5. The molecule has 0 saturated carbocycles. The van der Waals surface area contributed by atoms with E-state index in [0.29, 0.717) is 19.7 Å². The fourth-order valence-electron chi connectivity index (χ4n) is 3.29. The molecule has 9 heteroatoms. The lowest BCUT2D eigenvalue weighted by molar-refractivity contribution is -0.125. The molecular formula is C18H28ClN3O4S. The van der Waals surface area contributed by atoms with Crippen LogP contribution in [0.4, 0.5) is 0 Å². The molecule has 0 aliphatic carbocycles. The highest BCUT2D eigenvalue weighted by molar-refractivity contribution is 7.89. The molecule has 2 atom stereocenters. The number of ether oxygens (including phenoxy) is 1. The van der Waals surface area contributed by atoms with E-state index in [2.05, 4.69) is 15.4 Å². The molecule has 2 aliphatic heterocycles. The van der Waals surface area contributed by atoms with Crippen molar-refractivity contribution in [1.82, 2.24) is 15.4 Å². The van der Waals surface area contributed by atoms with E-state index in [4.69, 9.17) is 4.74 Å². The van der Waals surface area contributed by atoms with Crippen LogP contribution in [0.1, 0.15) is 31.2 Å². The number of sulfonamides is 1. The number of halogens is 1. The Bertz CT molecular complexity index is 700. The van der Waals surface area contributed by atoms with E-state index < -0.39 is 10.0 Å². The normalized spacial score (nSPS) is 22.8. The van der Waals surface area contributed by atoms with Crippen molar-refractivity contribution in [3.63, 3.8) is 0 Å². The van der Waals surface area contributed by atoms with Crippen LogP contribution in [0.15, 0.2) is 29.2 Å². The van der Waals surface area contributed by atoms with E-state index in [1.54, 1.807) is 24.3 Å². The van der Waals surface area contributed by atoms with Gasteiger partial charge >= 0.3 is 0 Å². The smallest absolute Gasteiger partial charge is 0.240 e. The third kappa shape index (κ3) is 6.43. The minimum atomic E-state index is -3.54. The van der Waals surface area contributed by atoms with Crippen LogP contribution < -0.4 is 15.4 Å². The topological polar surface area (TPSA) is 96.5 Å². The zero-order valence-electron chi connectivity index (χ0n) is 15.3. The third-order valence-electron chi connectivity index (χ3n) is 4.89. The monoisotopic (exact) mass is 417 g/mol. The number of amides is 1. The van der Waals surface area contributed by atoms with Crippen LogP contribution in [-0.4, -0.2) is 46.7 Å². The minimum absolute atomic E-state index is 0. The molecule has 2 heterocycles. The fraction of sp³-hybridized carbons (Fsp3) is 0.611. The summed E-state index contributed by atoms with van der Waals surface area (Å²) in [7, 11) is -3.54. The molecule has 2 fully saturated rings. The maximum Gasteiger partial charge on any atom is 0.240 e. The lowest BCUT2D eigenvalue weighted by Crippen LogP contribution is -2.40. The third-order valence-corrected chi connectivity index (χ3v) is 6.33. The highest BCUT2D eigenvalue weighted by Crippen LogP contribution is 2.14. The van der Waals surface area contributed by atoms with E-state index in [-0.39, 0.29) is 35.2 Å². The SMILES string of the molecule is Cl.O=C(NCc1ccc(S(=O)(=O)NCC2CCCO2)cc1)C1CCCNC1. The Morgan fingerprint density at radius 2 is 1.96 bits per heavy atom. The Hall–Kier alpha value is -1.19. The van der Waals surface area contributed by atoms with Gasteiger partial charge in [-0.2, -0.15) is 0 Å². The highest BCUT2D eigenvalue weighted by atomic mass is 35.5. The predicted molar refractivity (Wildman–Crippen MR) is 105 cm³/mol. The molecule has 152 valence electrons. The minimum Gasteiger partial charge on any atom is -0.377 e. The zero-order valence-corrected chi connectivity index (χ0v) is 16.9. The number of nitrogens with one attached hydrogen (secondary N) is 3. The number of hydrogen-bond donors (Lipinski definition) is 3. The fourth-order valence-corrected chi connectivity index (χ4v) is 4.35. The molecular weight excluding hydrogens is 390 g/mol. The largest absolute Gasteiger partial charge is 0.377 e. The van der Waals surface area contributed by atoms with E-state index >= 15 is 0 Å². The second-order valence-corrected chi connectivity index (χ2v) is 8.66. The predicted octanol–water partition coefficient (Wildman–Crippen LogP) is 1.18. The summed E-state index contributed by atoms with van der Waals surface area (Å²) in [6, 6.07) is 6.61. The van der Waals surface area contributed by atoms with E-state index in [1.807, 2.05) is 0 Å². The van der Waals surface area contributed by atoms with Crippen molar-refractivity contribution in [2.75, 3.05) is 26.2 Å². The molecule has 7 nitrogen and oxygen atoms in total. The van der Waals surface area contributed by atoms with Gasteiger partial charge in [0.15, 0.2) is 0 Å². The second-order valence-electron chi connectivity index (χ2n) is 6.89. The Balaban J connectivity index is 0.00000261. The van der Waals surface area contributed by atoms with Gasteiger partial charge in [-0.25, -0.2) is 13.1 Å². The lowest BCUT2D eigenvalue weighted by atomic mass is 9.99. The summed E-state index contributed by atoms with van der Waals surface area (Å²) in [5.41, 5.74) is 0.875. The van der Waals surface area contributed by atoms with Crippen molar-refractivity contribution in [2.45, 2.75) is 43.2 Å². The molecule has 1 aromatic rings. The Morgan fingerprint density at radius 3 is 2.59 bits per heavy atom. The van der Waals surface area contributed by atoms with Gasteiger partial charge < -0.3 is 15.4 Å². The number of hydrogen-bond acceptors (Lipinski definition) is 5. The molecule has 1 amide bonds. The first kappa shape index (κ1) is 22.1. The van der Waals surface area contributed by atoms with Crippen LogP contribution in [0.2, 0.25) is 0 Å². The molecule has 0 bridgehead atoms. The molecule has 2 aliphatic rings. The number of benzene rings is 1. The van der Waals surface area contributed by atoms with Crippen molar-refractivity contribution in [3.05, 3.63) is 29.8 Å². The van der Waals surface area contributed by atoms with Crippen LogP contribution in [0.5, 0.6) is 0 Å². The summed E-state index contributed by atoms with van der Waals surface area (Å²) < 4.78 is 32.7. The number of carbonyl (C=O) groups is 1. The number of rotatable bonds is 7. The van der Waals surface area contributed by atoms with Gasteiger partial charge in [0.1, 0.15) is 0 Å². The lowest BCUT2D eigenvalue weighted by Gasteiger charge is -2.21. The molecule has 0 radical (unpaired) electrons. The summed E-state index contributed by atoms with van der Waals surface area (Å²) in [4.78, 5) is 12.4. The molecule has 1 aromatic carbocycles. The van der Waals surface area contributed by atoms with Crippen molar-refractivity contribution in [3.8, 4) is 0 Å². The van der Waals surface area contributed by atoms with Gasteiger partial charge in [-0.3, -0.25) is 4.79 Å². The quantitative estimate of drug-likeness (QED) is 0.619. The summed E-state index contributed by atoms with van der Waals surface area (Å²) in [6.45, 7) is 3.10. The van der Waals surface area contributed by atoms with Crippen LogP contribution in [0.3, 0.4) is 0 Å². The average Bonchev–Trinajstić information content (AvgIpc) is 3.19. The van der Waals surface area contributed by atoms with E-state index in [1.165, 1.54) is 0 Å². The van der Waals surface area contributed by atoms with Crippen molar-refractivity contribution >= 4 is 28.3 Å². The summed E-state index contributed by atoms with van der Waals surface area (Å²) >= 11 is 0. The van der Waals surface area contributed by atoms with Crippen molar-refractivity contribution in [2.24, 2.45) is 5.92 Å². The molecule has 2 unspecified atom stereocenters. The number of carbonyl (C=O) groups excluding carboxylic acids is 1. The Labute approximate surface area is 167 Å². The van der Waals surface area contributed by atoms with Gasteiger partial charge in [0, 0.05) is 26.2 Å². The standard InChI is InChI=1S/C18H27N3O4S.ClH/c22-18(15-3-1-9-19-12-15)20-11-14-5-7-17(8-6-14)26(23,24)21-13-16-4-2-10-25-16;/h5-8,15-16,19,21H,1-4,9-13H2,(H,20,22);1H. The maximum absolute atomic E-state index is 12.3. The van der Waals surface area contributed by atoms with Gasteiger partial charge in [-0.05, 0) is 49.9 Å². The van der Waals surface area contributed by atoms with Gasteiger partial charge in [-0.15, -0.1) is 12.4 Å². The summed E-state index contributed by atoms with van der Waals surface area (Å²) in [5.74, 6) is 0.0672. The van der Waals surface area contributed by atoms with Crippen molar-refractivity contribution < 1.29 is 17.9 Å². The molecule has 0 spiro atoms. The van der Waals surface area contributed by atoms with E-state index in [9.17, 15) is 13.2 Å². The second kappa shape index (κ2) is 10.4. The highest BCUT2D eigenvalue weighted by Gasteiger charge is 2.21. The number of piperidine rings is 1. The van der Waals surface area contributed by atoms with Gasteiger partial charge in [0.2, 0.25) is 15.9 Å². The first-order valence-electron chi connectivity index (χ1n) is 9.23. The first-order valence-corrected chi connectivity index (χ1v) is 10.7. The van der Waals surface area contributed by atoms with Gasteiger partial charge in [0.25, 0.3) is 0 Å². The maximum atomic E-state index is 12.3. The van der Waals surface area contributed by atoms with E-state index in [0.717, 1.165) is 44.3 Å². The van der Waals surface area contributed by atoms with Gasteiger partial charge in [-0.1, -0.05) is 12.1 Å². The zero-order chi connectivity index (χ0) is 18.4. The van der Waals surface area contributed by atoms with Crippen LogP contribution >= 0.6 is 12.4 Å². The average molecular weight is 418 g/mol. The van der Waals surface area contributed by atoms with Gasteiger partial charge in [0.05, 0.1) is 16.9 Å². The van der Waals surface area contributed by atoms with Crippen LogP contribution in [-0.2, 0) is 26.1 Å². The molecule has 27 heavy (non-hydrogen) atoms. The van der Waals surface area contributed by atoms with Crippen LogP contribution in [0, 0.1) is 5.92 Å². The van der Waals surface area contributed by atoms with Crippen LogP contribution in [0.25, 0.3) is 0 Å². The van der Waals surface area contributed by atoms with Crippen molar-refractivity contribution in [1.29, 1.82) is 0 Å². The Morgan fingerprint density at radius 1 is 1.19 bits per heavy atom.